The highest BCUT2D eigenvalue weighted by Crippen LogP contribution is 2.34. The van der Waals surface area contributed by atoms with Crippen LogP contribution in [0.3, 0.4) is 0 Å². The van der Waals surface area contributed by atoms with Crippen LogP contribution >= 0.6 is 0 Å². The van der Waals surface area contributed by atoms with Gasteiger partial charge in [0.05, 0.1) is 13.2 Å². The number of aromatic nitrogens is 2. The highest BCUT2D eigenvalue weighted by atomic mass is 16.5. The molecular formula is C22H21N3O. The van der Waals surface area contributed by atoms with E-state index in [0.29, 0.717) is 0 Å². The zero-order valence-corrected chi connectivity index (χ0v) is 14.9. The average molecular weight is 343 g/mol. The van der Waals surface area contributed by atoms with Crippen molar-refractivity contribution < 1.29 is 4.74 Å². The molecule has 4 aromatic rings. The number of rotatable bonds is 5. The van der Waals surface area contributed by atoms with Crippen molar-refractivity contribution in [2.24, 2.45) is 0 Å². The fourth-order valence-electron chi connectivity index (χ4n) is 3.38. The summed E-state index contributed by atoms with van der Waals surface area (Å²) in [6.45, 7) is 2.12. The minimum atomic E-state index is -0.0213. The summed E-state index contributed by atoms with van der Waals surface area (Å²) < 4.78 is 5.31. The molecule has 4 heteroatoms. The number of pyridine rings is 1. The topological polar surface area (TPSA) is 49.9 Å². The Bertz CT molecular complexity index is 1010. The van der Waals surface area contributed by atoms with Crippen LogP contribution in [0, 0.1) is 6.92 Å². The summed E-state index contributed by atoms with van der Waals surface area (Å²) in [7, 11) is 1.68. The number of benzene rings is 2. The SMILES string of the molecule is COc1ccc([C@H](Nc2ccccn2)c2c(C)[nH]c3ccccc23)cc1. The minimum absolute atomic E-state index is 0.0213. The molecule has 0 radical (unpaired) electrons. The number of aromatic amines is 1. The number of nitrogens with one attached hydrogen (secondary N) is 2. The van der Waals surface area contributed by atoms with Gasteiger partial charge in [0.15, 0.2) is 0 Å². The zero-order chi connectivity index (χ0) is 17.9. The van der Waals surface area contributed by atoms with Gasteiger partial charge in [-0.1, -0.05) is 36.4 Å². The predicted octanol–water partition coefficient (Wildman–Crippen LogP) is 5.08. The fourth-order valence-corrected chi connectivity index (χ4v) is 3.38. The second kappa shape index (κ2) is 6.92. The number of hydrogen-bond acceptors (Lipinski definition) is 3. The van der Waals surface area contributed by atoms with Crippen molar-refractivity contribution in [1.82, 2.24) is 9.97 Å². The molecule has 0 saturated heterocycles. The third kappa shape index (κ3) is 3.02. The maximum atomic E-state index is 5.31. The smallest absolute Gasteiger partial charge is 0.126 e. The lowest BCUT2D eigenvalue weighted by atomic mass is 9.96. The van der Waals surface area contributed by atoms with Crippen LogP contribution in [0.15, 0.2) is 72.9 Å². The molecular weight excluding hydrogens is 322 g/mol. The van der Waals surface area contributed by atoms with E-state index in [2.05, 4.69) is 58.6 Å². The van der Waals surface area contributed by atoms with Gasteiger partial charge in [0, 0.05) is 28.4 Å². The molecule has 0 fully saturated rings. The molecule has 0 bridgehead atoms. The van der Waals surface area contributed by atoms with E-state index in [9.17, 15) is 0 Å². The normalized spacial score (nSPS) is 12.1. The Morgan fingerprint density at radius 2 is 1.73 bits per heavy atom. The van der Waals surface area contributed by atoms with Crippen molar-refractivity contribution in [2.75, 3.05) is 12.4 Å². The first kappa shape index (κ1) is 16.2. The number of aryl methyl sites for hydroxylation is 1. The first-order valence-electron chi connectivity index (χ1n) is 8.65. The fraction of sp³-hybridized carbons (Fsp3) is 0.136. The van der Waals surface area contributed by atoms with Crippen LogP contribution < -0.4 is 10.1 Å². The number of hydrogen-bond donors (Lipinski definition) is 2. The number of H-pyrrole nitrogens is 1. The number of anilines is 1. The lowest BCUT2D eigenvalue weighted by Crippen LogP contribution is -2.14. The Kier molecular flexibility index (Phi) is 4.32. The highest BCUT2D eigenvalue weighted by molar-refractivity contribution is 5.86. The van der Waals surface area contributed by atoms with Gasteiger partial charge in [-0.2, -0.15) is 0 Å². The Morgan fingerprint density at radius 1 is 0.962 bits per heavy atom. The highest BCUT2D eigenvalue weighted by Gasteiger charge is 2.21. The second-order valence-corrected chi connectivity index (χ2v) is 6.27. The van der Waals surface area contributed by atoms with E-state index in [-0.39, 0.29) is 6.04 Å². The molecule has 0 unspecified atom stereocenters. The van der Waals surface area contributed by atoms with Gasteiger partial charge in [-0.25, -0.2) is 4.98 Å². The first-order chi connectivity index (χ1) is 12.8. The van der Waals surface area contributed by atoms with Gasteiger partial charge in [-0.3, -0.25) is 0 Å². The molecule has 0 saturated carbocycles. The third-order valence-corrected chi connectivity index (χ3v) is 4.64. The van der Waals surface area contributed by atoms with Gasteiger partial charge in [0.2, 0.25) is 0 Å². The summed E-state index contributed by atoms with van der Waals surface area (Å²) in [5, 5.41) is 4.81. The van der Waals surface area contributed by atoms with Gasteiger partial charge in [-0.15, -0.1) is 0 Å². The van der Waals surface area contributed by atoms with Crippen LogP contribution in [0.5, 0.6) is 5.75 Å². The van der Waals surface area contributed by atoms with Crippen LogP contribution in [0.1, 0.15) is 22.9 Å². The monoisotopic (exact) mass is 343 g/mol. The standard InChI is InChI=1S/C22H21N3O/c1-15-21(18-7-3-4-8-19(18)24-15)22(25-20-9-5-6-14-23-20)16-10-12-17(26-2)13-11-16/h3-14,22,24H,1-2H3,(H,23,25)/t22-/m0/s1. The Labute approximate surface area is 152 Å². The van der Waals surface area contributed by atoms with Crippen molar-refractivity contribution >= 4 is 16.7 Å². The number of methoxy groups -OCH3 is 1. The molecule has 2 aromatic heterocycles. The molecule has 0 aliphatic carbocycles. The summed E-state index contributed by atoms with van der Waals surface area (Å²) in [6.07, 6.45) is 1.80. The number of nitrogens with zero attached hydrogens (tertiary/aromatic N) is 1. The van der Waals surface area contributed by atoms with Crippen molar-refractivity contribution in [3.8, 4) is 5.75 Å². The van der Waals surface area contributed by atoms with E-state index >= 15 is 0 Å². The van der Waals surface area contributed by atoms with Crippen molar-refractivity contribution in [3.63, 3.8) is 0 Å². The van der Waals surface area contributed by atoms with Crippen LogP contribution in [0.2, 0.25) is 0 Å². The van der Waals surface area contributed by atoms with Gasteiger partial charge in [0.25, 0.3) is 0 Å². The summed E-state index contributed by atoms with van der Waals surface area (Å²) in [6, 6.07) is 22.4. The molecule has 0 aliphatic rings. The maximum absolute atomic E-state index is 5.31. The van der Waals surface area contributed by atoms with Gasteiger partial charge in [-0.05, 0) is 42.8 Å². The number of para-hydroxylation sites is 1. The summed E-state index contributed by atoms with van der Waals surface area (Å²) in [5.74, 6) is 1.69. The van der Waals surface area contributed by atoms with Gasteiger partial charge in [0.1, 0.15) is 11.6 Å². The lowest BCUT2D eigenvalue weighted by molar-refractivity contribution is 0.414. The molecule has 2 aromatic carbocycles. The molecule has 26 heavy (non-hydrogen) atoms. The minimum Gasteiger partial charge on any atom is -0.497 e. The van der Waals surface area contributed by atoms with Gasteiger partial charge >= 0.3 is 0 Å². The van der Waals surface area contributed by atoms with E-state index in [1.807, 2.05) is 30.3 Å². The van der Waals surface area contributed by atoms with Crippen LogP contribution in [0.25, 0.3) is 10.9 Å². The lowest BCUT2D eigenvalue weighted by Gasteiger charge is -2.21. The third-order valence-electron chi connectivity index (χ3n) is 4.64. The van der Waals surface area contributed by atoms with E-state index in [1.165, 1.54) is 10.9 Å². The van der Waals surface area contributed by atoms with E-state index in [4.69, 9.17) is 4.74 Å². The molecule has 0 amide bonds. The zero-order valence-electron chi connectivity index (χ0n) is 14.9. The summed E-state index contributed by atoms with van der Waals surface area (Å²) in [4.78, 5) is 7.95. The Balaban J connectivity index is 1.85. The predicted molar refractivity (Wildman–Crippen MR) is 106 cm³/mol. The maximum Gasteiger partial charge on any atom is 0.126 e. The van der Waals surface area contributed by atoms with Crippen LogP contribution in [0.4, 0.5) is 5.82 Å². The number of ether oxygens (including phenoxy) is 1. The molecule has 4 rings (SSSR count). The van der Waals surface area contributed by atoms with E-state index < -0.39 is 0 Å². The Hall–Kier alpha value is -3.27. The second-order valence-electron chi connectivity index (χ2n) is 6.27. The van der Waals surface area contributed by atoms with E-state index in [1.54, 1.807) is 13.3 Å². The van der Waals surface area contributed by atoms with Crippen LogP contribution in [-0.2, 0) is 0 Å². The quantitative estimate of drug-likeness (QED) is 0.531. The molecule has 1 atom stereocenters. The van der Waals surface area contributed by atoms with Crippen LogP contribution in [-0.4, -0.2) is 17.1 Å². The van der Waals surface area contributed by atoms with Crippen molar-refractivity contribution in [3.05, 3.63) is 89.7 Å². The average Bonchev–Trinajstić information content (AvgIpc) is 3.03. The Morgan fingerprint density at radius 3 is 2.46 bits per heavy atom. The van der Waals surface area contributed by atoms with Gasteiger partial charge < -0.3 is 15.0 Å². The van der Waals surface area contributed by atoms with Crippen molar-refractivity contribution in [1.29, 1.82) is 0 Å². The molecule has 130 valence electrons. The first-order valence-corrected chi connectivity index (χ1v) is 8.65. The summed E-state index contributed by atoms with van der Waals surface area (Å²) in [5.41, 5.74) is 4.68. The number of fused-ring (bicyclic) bond motifs is 1. The largest absolute Gasteiger partial charge is 0.497 e. The molecule has 0 aliphatic heterocycles. The van der Waals surface area contributed by atoms with Crippen molar-refractivity contribution in [2.45, 2.75) is 13.0 Å². The molecule has 0 spiro atoms. The van der Waals surface area contributed by atoms with E-state index in [0.717, 1.165) is 28.3 Å². The molecule has 2 heterocycles. The summed E-state index contributed by atoms with van der Waals surface area (Å²) >= 11 is 0. The molecule has 2 N–H and O–H groups in total. The molecule has 4 nitrogen and oxygen atoms in total.